The van der Waals surface area contributed by atoms with Crippen molar-refractivity contribution in [2.45, 2.75) is 18.9 Å². The van der Waals surface area contributed by atoms with E-state index in [1.807, 2.05) is 41.0 Å². The van der Waals surface area contributed by atoms with E-state index in [-0.39, 0.29) is 6.04 Å². The van der Waals surface area contributed by atoms with E-state index in [9.17, 15) is 0 Å². The molecule has 2 aliphatic rings. The highest BCUT2D eigenvalue weighted by Gasteiger charge is 2.22. The van der Waals surface area contributed by atoms with Gasteiger partial charge in [0, 0.05) is 36.5 Å². The summed E-state index contributed by atoms with van der Waals surface area (Å²) in [6.07, 6.45) is 3.97. The highest BCUT2D eigenvalue weighted by molar-refractivity contribution is 5.86. The van der Waals surface area contributed by atoms with Crippen LogP contribution in [0.25, 0.3) is 28.2 Å². The molecule has 0 bridgehead atoms. The smallest absolute Gasteiger partial charge is 0.224 e. The summed E-state index contributed by atoms with van der Waals surface area (Å²) >= 11 is 0. The van der Waals surface area contributed by atoms with Gasteiger partial charge in [0.15, 0.2) is 23.0 Å². The fourth-order valence-corrected chi connectivity index (χ4v) is 4.71. The first-order valence-corrected chi connectivity index (χ1v) is 12.1. The van der Waals surface area contributed by atoms with Crippen molar-refractivity contribution in [1.82, 2.24) is 24.8 Å². The van der Waals surface area contributed by atoms with E-state index in [0.717, 1.165) is 48.3 Å². The lowest BCUT2D eigenvalue weighted by molar-refractivity contribution is 0.171. The summed E-state index contributed by atoms with van der Waals surface area (Å²) in [5.74, 6) is 4.63. The number of aromatic nitrogens is 4. The number of ether oxygens (including phenoxy) is 4. The van der Waals surface area contributed by atoms with Gasteiger partial charge in [-0.2, -0.15) is 4.98 Å². The van der Waals surface area contributed by atoms with E-state index in [1.54, 1.807) is 20.4 Å². The number of hydrogen-bond donors (Lipinski definition) is 2. The molecule has 1 unspecified atom stereocenters. The van der Waals surface area contributed by atoms with E-state index in [0.29, 0.717) is 48.1 Å². The maximum atomic E-state index is 5.84. The second-order valence-corrected chi connectivity index (χ2v) is 8.75. The summed E-state index contributed by atoms with van der Waals surface area (Å²) in [7, 11) is 3.24. The van der Waals surface area contributed by atoms with Gasteiger partial charge >= 0.3 is 0 Å². The minimum atomic E-state index is 0.287. The highest BCUT2D eigenvalue weighted by atomic mass is 16.6. The molecule has 4 aromatic rings. The summed E-state index contributed by atoms with van der Waals surface area (Å²) in [6, 6.07) is 11.8. The minimum Gasteiger partial charge on any atom is -0.493 e. The zero-order valence-electron chi connectivity index (χ0n) is 20.3. The number of imidazole rings is 1. The number of anilines is 1. The predicted molar refractivity (Wildman–Crippen MR) is 136 cm³/mol. The highest BCUT2D eigenvalue weighted by Crippen LogP contribution is 2.39. The van der Waals surface area contributed by atoms with Crippen LogP contribution in [0, 0.1) is 0 Å². The van der Waals surface area contributed by atoms with Gasteiger partial charge in [-0.25, -0.2) is 9.97 Å². The van der Waals surface area contributed by atoms with Gasteiger partial charge in [-0.1, -0.05) is 0 Å². The molecule has 1 saturated heterocycles. The van der Waals surface area contributed by atoms with Crippen molar-refractivity contribution in [2.75, 3.05) is 45.8 Å². The Morgan fingerprint density at radius 3 is 2.64 bits per heavy atom. The summed E-state index contributed by atoms with van der Waals surface area (Å²) in [6.45, 7) is 2.99. The number of piperidine rings is 1. The Bertz CT molecular complexity index is 1400. The number of nitrogens with one attached hydrogen (secondary N) is 2. The van der Waals surface area contributed by atoms with E-state index >= 15 is 0 Å². The second kappa shape index (κ2) is 9.54. The Balaban J connectivity index is 1.50. The van der Waals surface area contributed by atoms with Crippen molar-refractivity contribution in [2.24, 2.45) is 0 Å². The molecule has 0 saturated carbocycles. The molecule has 10 heteroatoms. The number of fused-ring (bicyclic) bond motifs is 2. The zero-order valence-corrected chi connectivity index (χ0v) is 20.3. The molecule has 0 aliphatic carbocycles. The van der Waals surface area contributed by atoms with Crippen molar-refractivity contribution in [1.29, 1.82) is 0 Å². The van der Waals surface area contributed by atoms with Crippen LogP contribution in [0.1, 0.15) is 12.8 Å². The fourth-order valence-electron chi connectivity index (χ4n) is 4.71. The van der Waals surface area contributed by atoms with Crippen molar-refractivity contribution in [3.8, 4) is 40.2 Å². The Labute approximate surface area is 208 Å². The van der Waals surface area contributed by atoms with Crippen LogP contribution in [-0.4, -0.2) is 66.1 Å². The fraction of sp³-hybridized carbons (Fsp3) is 0.346. The molecule has 1 atom stereocenters. The Morgan fingerprint density at radius 1 is 1.00 bits per heavy atom. The Morgan fingerprint density at radius 2 is 1.83 bits per heavy atom. The first-order chi connectivity index (χ1) is 17.7. The van der Waals surface area contributed by atoms with Gasteiger partial charge in [-0.05, 0) is 43.7 Å². The SMILES string of the molecule is COc1cc2nc(-c3ccc4c(c3)OCCO4)n(-c3ccnc(NC4CCCNC4)n3)c2cc1OC. The first kappa shape index (κ1) is 22.4. The lowest BCUT2D eigenvalue weighted by atomic mass is 10.1. The number of benzene rings is 2. The van der Waals surface area contributed by atoms with Crippen LogP contribution in [0.4, 0.5) is 5.95 Å². The molecule has 2 N–H and O–H groups in total. The third kappa shape index (κ3) is 4.13. The van der Waals surface area contributed by atoms with Crippen LogP contribution in [-0.2, 0) is 0 Å². The molecule has 1 fully saturated rings. The molecule has 2 aromatic heterocycles. The van der Waals surface area contributed by atoms with Crippen LogP contribution in [0.3, 0.4) is 0 Å². The van der Waals surface area contributed by atoms with E-state index < -0.39 is 0 Å². The molecule has 4 heterocycles. The first-order valence-electron chi connectivity index (χ1n) is 12.1. The summed E-state index contributed by atoms with van der Waals surface area (Å²) in [5.41, 5.74) is 2.46. The van der Waals surface area contributed by atoms with E-state index in [1.165, 1.54) is 0 Å². The number of rotatable bonds is 6. The lowest BCUT2D eigenvalue weighted by Gasteiger charge is -2.23. The van der Waals surface area contributed by atoms with Crippen LogP contribution >= 0.6 is 0 Å². The third-order valence-corrected chi connectivity index (χ3v) is 6.46. The van der Waals surface area contributed by atoms with Gasteiger partial charge in [0.25, 0.3) is 0 Å². The van der Waals surface area contributed by atoms with Gasteiger partial charge in [-0.15, -0.1) is 0 Å². The largest absolute Gasteiger partial charge is 0.493 e. The number of nitrogens with zero attached hydrogens (tertiary/aromatic N) is 4. The standard InChI is InChI=1S/C26H28N6O4/c1-33-21-13-18-19(14-22(21)34-2)32(24-7-9-28-26(31-24)29-17-4-3-8-27-15-17)25(30-18)16-5-6-20-23(12-16)36-11-10-35-20/h5-7,9,12-14,17,27H,3-4,8,10-11,15H2,1-2H3,(H,28,29,31). The van der Waals surface area contributed by atoms with Crippen LogP contribution < -0.4 is 29.6 Å². The molecule has 2 aliphatic heterocycles. The molecular formula is C26H28N6O4. The maximum absolute atomic E-state index is 5.84. The van der Waals surface area contributed by atoms with Gasteiger partial charge in [0.1, 0.15) is 24.9 Å². The van der Waals surface area contributed by atoms with Gasteiger partial charge in [0.2, 0.25) is 5.95 Å². The molecular weight excluding hydrogens is 460 g/mol. The number of hydrogen-bond acceptors (Lipinski definition) is 9. The van der Waals surface area contributed by atoms with E-state index in [2.05, 4.69) is 15.6 Å². The number of methoxy groups -OCH3 is 2. The average molecular weight is 489 g/mol. The molecule has 0 spiro atoms. The minimum absolute atomic E-state index is 0.287. The topological polar surface area (TPSA) is 105 Å². The quantitative estimate of drug-likeness (QED) is 0.422. The maximum Gasteiger partial charge on any atom is 0.224 e. The van der Waals surface area contributed by atoms with Crippen molar-refractivity contribution >= 4 is 17.0 Å². The Hall–Kier alpha value is -4.05. The zero-order chi connectivity index (χ0) is 24.5. The summed E-state index contributed by atoms with van der Waals surface area (Å²) in [4.78, 5) is 14.3. The van der Waals surface area contributed by atoms with Crippen molar-refractivity contribution in [3.05, 3.63) is 42.6 Å². The monoisotopic (exact) mass is 488 g/mol. The molecule has 6 rings (SSSR count). The van der Waals surface area contributed by atoms with Gasteiger partial charge in [-0.3, -0.25) is 4.57 Å². The Kier molecular flexibility index (Phi) is 5.94. The van der Waals surface area contributed by atoms with Crippen LogP contribution in [0.5, 0.6) is 23.0 Å². The van der Waals surface area contributed by atoms with Gasteiger partial charge < -0.3 is 29.6 Å². The molecule has 186 valence electrons. The predicted octanol–water partition coefficient (Wildman–Crippen LogP) is 3.43. The van der Waals surface area contributed by atoms with Crippen LogP contribution in [0.15, 0.2) is 42.6 Å². The molecule has 10 nitrogen and oxygen atoms in total. The molecule has 36 heavy (non-hydrogen) atoms. The normalized spacial score (nSPS) is 17.1. The van der Waals surface area contributed by atoms with Crippen molar-refractivity contribution in [3.63, 3.8) is 0 Å². The van der Waals surface area contributed by atoms with Crippen LogP contribution in [0.2, 0.25) is 0 Å². The molecule has 0 radical (unpaired) electrons. The van der Waals surface area contributed by atoms with Gasteiger partial charge in [0.05, 0.1) is 25.3 Å². The average Bonchev–Trinajstić information content (AvgIpc) is 3.31. The molecule has 0 amide bonds. The van der Waals surface area contributed by atoms with Crippen molar-refractivity contribution < 1.29 is 18.9 Å². The third-order valence-electron chi connectivity index (χ3n) is 6.46. The second-order valence-electron chi connectivity index (χ2n) is 8.75. The summed E-state index contributed by atoms with van der Waals surface area (Å²) in [5, 5.41) is 6.89. The summed E-state index contributed by atoms with van der Waals surface area (Å²) < 4.78 is 24.7. The lowest BCUT2D eigenvalue weighted by Crippen LogP contribution is -2.38. The van der Waals surface area contributed by atoms with E-state index in [4.69, 9.17) is 28.9 Å². The molecule has 2 aromatic carbocycles.